The van der Waals surface area contributed by atoms with Gasteiger partial charge >= 0.3 is 0 Å². The molecule has 0 bridgehead atoms. The van der Waals surface area contributed by atoms with E-state index in [1.54, 1.807) is 0 Å². The summed E-state index contributed by atoms with van der Waals surface area (Å²) in [6.45, 7) is 4.42. The number of allylic oxidation sites excluding steroid dienone is 9. The van der Waals surface area contributed by atoms with Crippen molar-refractivity contribution in [2.75, 3.05) is 0 Å². The molecule has 4 nitrogen and oxygen atoms in total. The Kier molecular flexibility index (Phi) is 9.02. The van der Waals surface area contributed by atoms with E-state index in [-0.39, 0.29) is 0 Å². The molecule has 3 heterocycles. The predicted octanol–water partition coefficient (Wildman–Crippen LogP) is 14.7. The lowest BCUT2D eigenvalue weighted by Crippen LogP contribution is -2.00. The third-order valence-corrected chi connectivity index (χ3v) is 11.7. The Morgan fingerprint density at radius 3 is 1.89 bits per heavy atom. The van der Waals surface area contributed by atoms with Crippen LogP contribution in [0, 0.1) is 0 Å². The second-order valence-electron chi connectivity index (χ2n) is 15.4. The van der Waals surface area contributed by atoms with E-state index >= 15 is 0 Å². The largest absolute Gasteiger partial charge is 0.309 e. The Balaban J connectivity index is 1.03. The number of benzene rings is 7. The summed E-state index contributed by atoms with van der Waals surface area (Å²) in [6, 6.07) is 62.8. The number of fused-ring (bicyclic) bond motifs is 6. The van der Waals surface area contributed by atoms with Gasteiger partial charge in [0.1, 0.15) is 0 Å². The first kappa shape index (κ1) is 36.0. The van der Waals surface area contributed by atoms with Crippen molar-refractivity contribution in [2.24, 2.45) is 0 Å². The molecule has 0 unspecified atom stereocenters. The minimum atomic E-state index is 0.675. The molecule has 0 saturated carbocycles. The van der Waals surface area contributed by atoms with Gasteiger partial charge in [0.15, 0.2) is 5.82 Å². The maximum atomic E-state index is 5.14. The molecule has 61 heavy (non-hydrogen) atoms. The lowest BCUT2D eigenvalue weighted by atomic mass is 9.98. The van der Waals surface area contributed by atoms with E-state index < -0.39 is 0 Å². The number of nitrogens with zero attached hydrogens (tertiary/aromatic N) is 4. The molecular formula is C57H40N4. The Hall–Kier alpha value is -8.08. The molecule has 11 rings (SSSR count). The standard InChI is InChI=1S/C57H40N4/c1-39-19-8-4-2-3-5-13-24-45(39)51-38-50(58-57(59-51)41-20-9-6-10-21-41)40-31-34-44(35-32-40)61-53-29-17-15-26-48(53)56-46(27-18-30-55(56)61)42-33-36-54-49(37-42)47-25-14-16-28-52(47)60(54)43-22-11-7-12-23-43/h2,4-38H,1,3H2/b4-2-,13-5-,19-8-,45-24+. The maximum Gasteiger partial charge on any atom is 0.160 e. The van der Waals surface area contributed by atoms with Gasteiger partial charge in [-0.05, 0) is 83.8 Å². The highest BCUT2D eigenvalue weighted by Crippen LogP contribution is 2.41. The topological polar surface area (TPSA) is 35.6 Å². The van der Waals surface area contributed by atoms with Gasteiger partial charge in [-0.1, -0.05) is 164 Å². The fraction of sp³-hybridized carbons (Fsp3) is 0.0175. The van der Waals surface area contributed by atoms with Gasteiger partial charge in [-0.3, -0.25) is 0 Å². The summed E-state index contributed by atoms with van der Waals surface area (Å²) in [4.78, 5) is 10.2. The Labute approximate surface area is 354 Å². The van der Waals surface area contributed by atoms with Crippen molar-refractivity contribution >= 4 is 49.2 Å². The van der Waals surface area contributed by atoms with E-state index in [9.17, 15) is 0 Å². The second-order valence-corrected chi connectivity index (χ2v) is 15.4. The first-order valence-corrected chi connectivity index (χ1v) is 20.8. The third-order valence-electron chi connectivity index (χ3n) is 11.7. The van der Waals surface area contributed by atoms with E-state index in [0.29, 0.717) is 5.82 Å². The summed E-state index contributed by atoms with van der Waals surface area (Å²) in [5.74, 6) is 0.675. The van der Waals surface area contributed by atoms with E-state index in [2.05, 4.69) is 204 Å². The highest BCUT2D eigenvalue weighted by atomic mass is 15.0. The lowest BCUT2D eigenvalue weighted by molar-refractivity contribution is 1.15. The number of hydrogen-bond donors (Lipinski definition) is 0. The van der Waals surface area contributed by atoms with Crippen LogP contribution < -0.4 is 0 Å². The Morgan fingerprint density at radius 1 is 0.443 bits per heavy atom. The van der Waals surface area contributed by atoms with E-state index in [0.717, 1.165) is 62.5 Å². The zero-order chi connectivity index (χ0) is 40.7. The molecule has 0 aliphatic heterocycles. The lowest BCUT2D eigenvalue weighted by Gasteiger charge is -2.13. The van der Waals surface area contributed by atoms with Crippen molar-refractivity contribution in [1.29, 1.82) is 0 Å². The van der Waals surface area contributed by atoms with Crippen LogP contribution in [-0.2, 0) is 0 Å². The normalized spacial score (nSPS) is 15.5. The fourth-order valence-electron chi connectivity index (χ4n) is 8.86. The molecular weight excluding hydrogens is 741 g/mol. The van der Waals surface area contributed by atoms with Gasteiger partial charge in [0, 0.05) is 49.6 Å². The van der Waals surface area contributed by atoms with Gasteiger partial charge in [0.05, 0.1) is 33.5 Å². The zero-order valence-corrected chi connectivity index (χ0v) is 33.5. The molecule has 0 spiro atoms. The van der Waals surface area contributed by atoms with Crippen molar-refractivity contribution in [2.45, 2.75) is 6.42 Å². The minimum Gasteiger partial charge on any atom is -0.309 e. The molecule has 0 amide bonds. The average molecular weight is 781 g/mol. The van der Waals surface area contributed by atoms with Crippen LogP contribution in [0.1, 0.15) is 12.1 Å². The first-order valence-electron chi connectivity index (χ1n) is 20.8. The Bertz CT molecular complexity index is 3430. The van der Waals surface area contributed by atoms with Gasteiger partial charge in [-0.2, -0.15) is 0 Å². The zero-order valence-electron chi connectivity index (χ0n) is 33.5. The van der Waals surface area contributed by atoms with Crippen LogP contribution in [0.25, 0.3) is 94.3 Å². The maximum absolute atomic E-state index is 5.14. The molecule has 3 aromatic heterocycles. The molecule has 0 N–H and O–H groups in total. The summed E-state index contributed by atoms with van der Waals surface area (Å²) in [7, 11) is 0. The average Bonchev–Trinajstić information content (AvgIpc) is 3.84. The van der Waals surface area contributed by atoms with Crippen LogP contribution in [0.2, 0.25) is 0 Å². The van der Waals surface area contributed by atoms with Crippen molar-refractivity contribution in [1.82, 2.24) is 19.1 Å². The molecule has 10 aromatic rings. The number of rotatable bonds is 6. The summed E-state index contributed by atoms with van der Waals surface area (Å²) >= 11 is 0. The van der Waals surface area contributed by atoms with Gasteiger partial charge in [0.2, 0.25) is 0 Å². The molecule has 4 heteroatoms. The van der Waals surface area contributed by atoms with Crippen LogP contribution in [0.5, 0.6) is 0 Å². The van der Waals surface area contributed by atoms with Gasteiger partial charge in [-0.15, -0.1) is 0 Å². The van der Waals surface area contributed by atoms with Crippen LogP contribution >= 0.6 is 0 Å². The molecule has 1 aliphatic carbocycles. The number of para-hydroxylation sites is 3. The molecule has 0 atom stereocenters. The summed E-state index contributed by atoms with van der Waals surface area (Å²) in [6.07, 6.45) is 15.5. The van der Waals surface area contributed by atoms with E-state index in [1.165, 1.54) is 43.7 Å². The molecule has 288 valence electrons. The minimum absolute atomic E-state index is 0.675. The summed E-state index contributed by atoms with van der Waals surface area (Å²) < 4.78 is 4.76. The van der Waals surface area contributed by atoms with Gasteiger partial charge in [-0.25, -0.2) is 9.97 Å². The van der Waals surface area contributed by atoms with Crippen LogP contribution in [0.4, 0.5) is 0 Å². The quantitative estimate of drug-likeness (QED) is 0.168. The Morgan fingerprint density at radius 2 is 1.07 bits per heavy atom. The van der Waals surface area contributed by atoms with Crippen molar-refractivity contribution in [3.05, 3.63) is 236 Å². The molecule has 0 radical (unpaired) electrons. The van der Waals surface area contributed by atoms with Crippen molar-refractivity contribution in [3.63, 3.8) is 0 Å². The van der Waals surface area contributed by atoms with E-state index in [1.807, 2.05) is 30.4 Å². The monoisotopic (exact) mass is 780 g/mol. The molecule has 1 aliphatic rings. The van der Waals surface area contributed by atoms with Gasteiger partial charge in [0.25, 0.3) is 0 Å². The van der Waals surface area contributed by atoms with Crippen LogP contribution in [0.3, 0.4) is 0 Å². The van der Waals surface area contributed by atoms with Crippen molar-refractivity contribution < 1.29 is 0 Å². The highest BCUT2D eigenvalue weighted by molar-refractivity contribution is 6.17. The summed E-state index contributed by atoms with van der Waals surface area (Å²) in [5, 5.41) is 4.93. The second kappa shape index (κ2) is 15.3. The first-order chi connectivity index (χ1) is 30.2. The smallest absolute Gasteiger partial charge is 0.160 e. The number of hydrogen-bond acceptors (Lipinski definition) is 2. The number of aromatic nitrogens is 4. The van der Waals surface area contributed by atoms with E-state index in [4.69, 9.17) is 9.97 Å². The van der Waals surface area contributed by atoms with Crippen LogP contribution in [0.15, 0.2) is 231 Å². The molecule has 0 fully saturated rings. The molecule has 7 aromatic carbocycles. The van der Waals surface area contributed by atoms with Crippen molar-refractivity contribution in [3.8, 4) is 45.1 Å². The fourth-order valence-corrected chi connectivity index (χ4v) is 8.86. The summed E-state index contributed by atoms with van der Waals surface area (Å²) in [5.41, 5.74) is 14.9. The van der Waals surface area contributed by atoms with Crippen LogP contribution in [-0.4, -0.2) is 19.1 Å². The van der Waals surface area contributed by atoms with Gasteiger partial charge < -0.3 is 9.13 Å². The molecule has 0 saturated heterocycles. The predicted molar refractivity (Wildman–Crippen MR) is 256 cm³/mol. The third kappa shape index (κ3) is 6.42. The SMILES string of the molecule is C=C1/C=C\C=C/C/C=C\C=C/1c1cc(-c2ccc(-n3c4ccccc4c4c(-c5ccc6c(c5)c5ccccc5n6-c5ccccc5)cccc43)cc2)nc(-c2ccccc2)n1. The highest BCUT2D eigenvalue weighted by Gasteiger charge is 2.19.